The summed E-state index contributed by atoms with van der Waals surface area (Å²) in [4.78, 5) is 0. The predicted molar refractivity (Wildman–Crippen MR) is 81.1 cm³/mol. The highest BCUT2D eigenvalue weighted by molar-refractivity contribution is 5.37. The first-order valence-electron chi connectivity index (χ1n) is 6.72. The minimum Gasteiger partial charge on any atom is -0.497 e. The summed E-state index contributed by atoms with van der Waals surface area (Å²) in [6, 6.07) is 14.0. The van der Waals surface area contributed by atoms with Gasteiger partial charge in [0.15, 0.2) is 0 Å². The third kappa shape index (κ3) is 3.52. The van der Waals surface area contributed by atoms with Crippen LogP contribution in [0.1, 0.15) is 29.7 Å². The molecule has 2 aromatic carbocycles. The number of hydrogen-bond acceptors (Lipinski definition) is 3. The number of rotatable bonds is 5. The Bertz CT molecular complexity index is 562. The van der Waals surface area contributed by atoms with Crippen LogP contribution in [0.25, 0.3) is 0 Å². The molecule has 0 aliphatic heterocycles. The van der Waals surface area contributed by atoms with Crippen LogP contribution in [-0.4, -0.2) is 7.11 Å². The van der Waals surface area contributed by atoms with Gasteiger partial charge in [-0.3, -0.25) is 0 Å². The van der Waals surface area contributed by atoms with E-state index in [1.54, 1.807) is 7.11 Å². The van der Waals surface area contributed by atoms with Gasteiger partial charge in [-0.15, -0.1) is 0 Å². The summed E-state index contributed by atoms with van der Waals surface area (Å²) < 4.78 is 11.0. The van der Waals surface area contributed by atoms with Gasteiger partial charge in [0, 0.05) is 6.04 Å². The van der Waals surface area contributed by atoms with E-state index in [1.807, 2.05) is 50.2 Å². The summed E-state index contributed by atoms with van der Waals surface area (Å²) in [7, 11) is 1.66. The lowest BCUT2D eigenvalue weighted by Crippen LogP contribution is -2.05. The van der Waals surface area contributed by atoms with Crippen molar-refractivity contribution in [3.63, 3.8) is 0 Å². The molecule has 0 bridgehead atoms. The molecule has 0 aliphatic rings. The standard InChI is InChI=1S/C17H21NO2/c1-12-10-15(13(2)18)6-9-17(12)20-11-14-4-7-16(19-3)8-5-14/h4-10,13H,11,18H2,1-3H3/t13-/m0/s1. The van der Waals surface area contributed by atoms with E-state index in [1.165, 1.54) is 0 Å². The van der Waals surface area contributed by atoms with Gasteiger partial charge in [-0.1, -0.05) is 24.3 Å². The molecule has 2 rings (SSSR count). The van der Waals surface area contributed by atoms with E-state index in [9.17, 15) is 0 Å². The summed E-state index contributed by atoms with van der Waals surface area (Å²) >= 11 is 0. The Hall–Kier alpha value is -2.00. The Morgan fingerprint density at radius 1 is 1.10 bits per heavy atom. The maximum atomic E-state index is 5.87. The summed E-state index contributed by atoms with van der Waals surface area (Å²) in [5, 5.41) is 0. The number of aryl methyl sites for hydroxylation is 1. The molecular formula is C17H21NO2. The molecule has 2 aromatic rings. The van der Waals surface area contributed by atoms with Crippen molar-refractivity contribution in [2.75, 3.05) is 7.11 Å². The molecule has 0 spiro atoms. The molecule has 0 saturated heterocycles. The van der Waals surface area contributed by atoms with E-state index >= 15 is 0 Å². The Labute approximate surface area is 120 Å². The molecule has 0 aliphatic carbocycles. The minimum absolute atomic E-state index is 0.0457. The van der Waals surface area contributed by atoms with Crippen LogP contribution in [0.4, 0.5) is 0 Å². The lowest BCUT2D eigenvalue weighted by molar-refractivity contribution is 0.303. The van der Waals surface area contributed by atoms with Gasteiger partial charge >= 0.3 is 0 Å². The number of hydrogen-bond donors (Lipinski definition) is 1. The third-order valence-electron chi connectivity index (χ3n) is 3.28. The molecule has 3 heteroatoms. The maximum Gasteiger partial charge on any atom is 0.122 e. The second-order valence-electron chi connectivity index (χ2n) is 4.95. The van der Waals surface area contributed by atoms with Crippen LogP contribution in [-0.2, 0) is 6.61 Å². The van der Waals surface area contributed by atoms with Crippen molar-refractivity contribution in [3.05, 3.63) is 59.2 Å². The second-order valence-corrected chi connectivity index (χ2v) is 4.95. The molecule has 20 heavy (non-hydrogen) atoms. The van der Waals surface area contributed by atoms with Crippen molar-refractivity contribution < 1.29 is 9.47 Å². The molecular weight excluding hydrogens is 250 g/mol. The zero-order valence-corrected chi connectivity index (χ0v) is 12.2. The van der Waals surface area contributed by atoms with Crippen LogP contribution in [0.5, 0.6) is 11.5 Å². The molecule has 0 amide bonds. The first-order valence-corrected chi connectivity index (χ1v) is 6.72. The van der Waals surface area contributed by atoms with Gasteiger partial charge in [-0.05, 0) is 48.7 Å². The lowest BCUT2D eigenvalue weighted by atomic mass is 10.1. The quantitative estimate of drug-likeness (QED) is 0.903. The molecule has 106 valence electrons. The van der Waals surface area contributed by atoms with Crippen molar-refractivity contribution in [2.45, 2.75) is 26.5 Å². The van der Waals surface area contributed by atoms with Crippen LogP contribution in [0.2, 0.25) is 0 Å². The van der Waals surface area contributed by atoms with E-state index in [2.05, 4.69) is 6.07 Å². The predicted octanol–water partition coefficient (Wildman–Crippen LogP) is 3.60. The number of nitrogens with two attached hydrogens (primary N) is 1. The zero-order chi connectivity index (χ0) is 14.5. The molecule has 3 nitrogen and oxygen atoms in total. The van der Waals surface area contributed by atoms with Gasteiger partial charge in [0.25, 0.3) is 0 Å². The van der Waals surface area contributed by atoms with Crippen molar-refractivity contribution in [1.82, 2.24) is 0 Å². The molecule has 0 aromatic heterocycles. The van der Waals surface area contributed by atoms with Crippen molar-refractivity contribution in [1.29, 1.82) is 0 Å². The van der Waals surface area contributed by atoms with E-state index in [0.29, 0.717) is 6.61 Å². The van der Waals surface area contributed by atoms with Gasteiger partial charge in [-0.2, -0.15) is 0 Å². The van der Waals surface area contributed by atoms with Crippen LogP contribution >= 0.6 is 0 Å². The fourth-order valence-electron chi connectivity index (χ4n) is 2.00. The smallest absolute Gasteiger partial charge is 0.122 e. The molecule has 0 heterocycles. The maximum absolute atomic E-state index is 5.87. The van der Waals surface area contributed by atoms with E-state index in [0.717, 1.165) is 28.2 Å². The highest BCUT2D eigenvalue weighted by atomic mass is 16.5. The van der Waals surface area contributed by atoms with Gasteiger partial charge in [-0.25, -0.2) is 0 Å². The van der Waals surface area contributed by atoms with Gasteiger partial charge in [0.05, 0.1) is 7.11 Å². The fraction of sp³-hybridized carbons (Fsp3) is 0.294. The average Bonchev–Trinajstić information content (AvgIpc) is 2.46. The first-order chi connectivity index (χ1) is 9.60. The van der Waals surface area contributed by atoms with Gasteiger partial charge < -0.3 is 15.2 Å². The highest BCUT2D eigenvalue weighted by Gasteiger charge is 2.05. The minimum atomic E-state index is 0.0457. The third-order valence-corrected chi connectivity index (χ3v) is 3.28. The topological polar surface area (TPSA) is 44.5 Å². The van der Waals surface area contributed by atoms with Gasteiger partial charge in [0.1, 0.15) is 18.1 Å². The Balaban J connectivity index is 2.03. The first kappa shape index (κ1) is 14.4. The Kier molecular flexibility index (Phi) is 4.64. The summed E-state index contributed by atoms with van der Waals surface area (Å²) in [6.45, 7) is 4.56. The van der Waals surface area contributed by atoms with E-state index in [4.69, 9.17) is 15.2 Å². The summed E-state index contributed by atoms with van der Waals surface area (Å²) in [5.74, 6) is 1.75. The normalized spacial score (nSPS) is 12.0. The van der Waals surface area contributed by atoms with Crippen LogP contribution in [0, 0.1) is 6.92 Å². The van der Waals surface area contributed by atoms with Crippen LogP contribution < -0.4 is 15.2 Å². The molecule has 1 atom stereocenters. The SMILES string of the molecule is COc1ccc(COc2ccc([C@H](C)N)cc2C)cc1. The van der Waals surface area contributed by atoms with Crippen LogP contribution in [0.3, 0.4) is 0 Å². The fourth-order valence-corrected chi connectivity index (χ4v) is 2.00. The molecule has 0 radical (unpaired) electrons. The average molecular weight is 271 g/mol. The van der Waals surface area contributed by atoms with E-state index in [-0.39, 0.29) is 6.04 Å². The zero-order valence-electron chi connectivity index (χ0n) is 12.2. The molecule has 0 saturated carbocycles. The Morgan fingerprint density at radius 2 is 1.80 bits per heavy atom. The second kappa shape index (κ2) is 6.44. The summed E-state index contributed by atoms with van der Waals surface area (Å²) in [6.07, 6.45) is 0. The molecule has 0 fully saturated rings. The summed E-state index contributed by atoms with van der Waals surface area (Å²) in [5.41, 5.74) is 9.21. The Morgan fingerprint density at radius 3 is 2.35 bits per heavy atom. The molecule has 0 unspecified atom stereocenters. The highest BCUT2D eigenvalue weighted by Crippen LogP contribution is 2.23. The van der Waals surface area contributed by atoms with Crippen molar-refractivity contribution in [2.24, 2.45) is 5.73 Å². The largest absolute Gasteiger partial charge is 0.497 e. The van der Waals surface area contributed by atoms with Crippen molar-refractivity contribution >= 4 is 0 Å². The molecule has 2 N–H and O–H groups in total. The lowest BCUT2D eigenvalue weighted by Gasteiger charge is -2.12. The van der Waals surface area contributed by atoms with Crippen molar-refractivity contribution in [3.8, 4) is 11.5 Å². The van der Waals surface area contributed by atoms with E-state index < -0.39 is 0 Å². The number of ether oxygens (including phenoxy) is 2. The number of benzene rings is 2. The van der Waals surface area contributed by atoms with Gasteiger partial charge in [0.2, 0.25) is 0 Å². The number of methoxy groups -OCH3 is 1. The van der Waals surface area contributed by atoms with Crippen LogP contribution in [0.15, 0.2) is 42.5 Å². The monoisotopic (exact) mass is 271 g/mol.